The van der Waals surface area contributed by atoms with E-state index in [4.69, 9.17) is 0 Å². The van der Waals surface area contributed by atoms with Gasteiger partial charge in [0.2, 0.25) is 5.91 Å². The molecule has 1 N–H and O–H groups in total. The molecule has 0 bridgehead atoms. The Hall–Kier alpha value is -1.31. The number of carbonyl (C=O) groups is 1. The number of benzene rings is 1. The fourth-order valence-electron chi connectivity index (χ4n) is 1.69. The molecule has 0 spiro atoms. The Morgan fingerprint density at radius 2 is 1.81 bits per heavy atom. The fraction of sp³-hybridized carbons (Fsp3) is 0.500. The molecule has 0 saturated heterocycles. The molecule has 0 radical (unpaired) electrons. The van der Waals surface area contributed by atoms with Crippen molar-refractivity contribution >= 4 is 11.6 Å². The van der Waals surface area contributed by atoms with Crippen molar-refractivity contribution in [3.05, 3.63) is 29.8 Å². The van der Waals surface area contributed by atoms with Gasteiger partial charge in [-0.1, -0.05) is 45.9 Å². The summed E-state index contributed by atoms with van der Waals surface area (Å²) in [6.45, 7) is 8.36. The van der Waals surface area contributed by atoms with Crippen molar-refractivity contribution in [1.29, 1.82) is 0 Å². The molecule has 0 atom stereocenters. The van der Waals surface area contributed by atoms with Crippen molar-refractivity contribution in [2.75, 3.05) is 5.32 Å². The normalized spacial score (nSPS) is 10.9. The van der Waals surface area contributed by atoms with Gasteiger partial charge in [-0.3, -0.25) is 4.79 Å². The molecule has 0 aliphatic carbocycles. The molecule has 2 heteroatoms. The Morgan fingerprint density at radius 1 is 1.19 bits per heavy atom. The molecule has 0 saturated carbocycles. The smallest absolute Gasteiger partial charge is 0.224 e. The van der Waals surface area contributed by atoms with Crippen molar-refractivity contribution in [3.8, 4) is 0 Å². The zero-order valence-corrected chi connectivity index (χ0v) is 10.6. The lowest BCUT2D eigenvalue weighted by molar-refractivity contribution is -0.116. The Labute approximate surface area is 98.1 Å². The molecule has 0 heterocycles. The minimum Gasteiger partial charge on any atom is -0.326 e. The third-order valence-corrected chi connectivity index (χ3v) is 2.45. The van der Waals surface area contributed by atoms with Crippen LogP contribution in [0.5, 0.6) is 0 Å². The SMILES string of the molecule is CC(C)CC(=O)Nc1ccccc1C(C)C. The number of anilines is 1. The first-order chi connectivity index (χ1) is 7.50. The maximum absolute atomic E-state index is 11.7. The zero-order valence-electron chi connectivity index (χ0n) is 10.6. The Bertz CT molecular complexity index is 356. The summed E-state index contributed by atoms with van der Waals surface area (Å²) in [7, 11) is 0. The van der Waals surface area contributed by atoms with Crippen LogP contribution in [-0.2, 0) is 4.79 Å². The molecule has 16 heavy (non-hydrogen) atoms. The Morgan fingerprint density at radius 3 is 2.38 bits per heavy atom. The first-order valence-corrected chi connectivity index (χ1v) is 5.89. The van der Waals surface area contributed by atoms with Gasteiger partial charge < -0.3 is 5.32 Å². The third kappa shape index (κ3) is 3.69. The monoisotopic (exact) mass is 219 g/mol. The van der Waals surface area contributed by atoms with Gasteiger partial charge in [0, 0.05) is 12.1 Å². The molecule has 2 nitrogen and oxygen atoms in total. The molecule has 0 aliphatic rings. The molecule has 88 valence electrons. The van der Waals surface area contributed by atoms with Gasteiger partial charge in [-0.2, -0.15) is 0 Å². The predicted molar refractivity (Wildman–Crippen MR) is 68.6 cm³/mol. The second-order valence-corrected chi connectivity index (χ2v) is 4.89. The van der Waals surface area contributed by atoms with E-state index in [9.17, 15) is 4.79 Å². The highest BCUT2D eigenvalue weighted by molar-refractivity contribution is 5.91. The lowest BCUT2D eigenvalue weighted by atomic mass is 10.0. The summed E-state index contributed by atoms with van der Waals surface area (Å²) < 4.78 is 0. The van der Waals surface area contributed by atoms with E-state index >= 15 is 0 Å². The van der Waals surface area contributed by atoms with Gasteiger partial charge in [-0.25, -0.2) is 0 Å². The average Bonchev–Trinajstić information content (AvgIpc) is 2.16. The summed E-state index contributed by atoms with van der Waals surface area (Å²) in [5.74, 6) is 0.921. The average molecular weight is 219 g/mol. The van der Waals surface area contributed by atoms with Crippen LogP contribution in [0.25, 0.3) is 0 Å². The quantitative estimate of drug-likeness (QED) is 0.820. The summed E-state index contributed by atoms with van der Waals surface area (Å²) in [6, 6.07) is 7.99. The molecule has 0 aromatic heterocycles. The van der Waals surface area contributed by atoms with Crippen molar-refractivity contribution in [3.63, 3.8) is 0 Å². The molecule has 1 aromatic carbocycles. The first kappa shape index (κ1) is 12.8. The highest BCUT2D eigenvalue weighted by atomic mass is 16.1. The fourth-order valence-corrected chi connectivity index (χ4v) is 1.69. The minimum atomic E-state index is 0.100. The van der Waals surface area contributed by atoms with Crippen LogP contribution in [0.2, 0.25) is 0 Å². The number of hydrogen-bond donors (Lipinski definition) is 1. The largest absolute Gasteiger partial charge is 0.326 e. The maximum atomic E-state index is 11.7. The van der Waals surface area contributed by atoms with E-state index in [0.29, 0.717) is 18.3 Å². The maximum Gasteiger partial charge on any atom is 0.224 e. The van der Waals surface area contributed by atoms with Crippen molar-refractivity contribution < 1.29 is 4.79 Å². The van der Waals surface area contributed by atoms with E-state index in [2.05, 4.69) is 25.2 Å². The molecule has 1 rings (SSSR count). The lowest BCUT2D eigenvalue weighted by Gasteiger charge is -2.14. The Kier molecular flexibility index (Phi) is 4.53. The second-order valence-electron chi connectivity index (χ2n) is 4.89. The van der Waals surface area contributed by atoms with Gasteiger partial charge in [0.25, 0.3) is 0 Å². The van der Waals surface area contributed by atoms with E-state index in [1.54, 1.807) is 0 Å². The summed E-state index contributed by atoms with van der Waals surface area (Å²) in [4.78, 5) is 11.7. The topological polar surface area (TPSA) is 29.1 Å². The number of rotatable bonds is 4. The van der Waals surface area contributed by atoms with Crippen molar-refractivity contribution in [1.82, 2.24) is 0 Å². The van der Waals surface area contributed by atoms with E-state index in [0.717, 1.165) is 5.69 Å². The van der Waals surface area contributed by atoms with Crippen molar-refractivity contribution in [2.45, 2.75) is 40.0 Å². The molecule has 1 aromatic rings. The van der Waals surface area contributed by atoms with Gasteiger partial charge in [-0.15, -0.1) is 0 Å². The van der Waals surface area contributed by atoms with Crippen LogP contribution in [0, 0.1) is 5.92 Å². The molecular formula is C14H21NO. The number of carbonyl (C=O) groups excluding carboxylic acids is 1. The van der Waals surface area contributed by atoms with E-state index in [1.165, 1.54) is 5.56 Å². The highest BCUT2D eigenvalue weighted by Crippen LogP contribution is 2.23. The van der Waals surface area contributed by atoms with E-state index in [-0.39, 0.29) is 5.91 Å². The number of hydrogen-bond acceptors (Lipinski definition) is 1. The van der Waals surface area contributed by atoms with Gasteiger partial charge >= 0.3 is 0 Å². The number of para-hydroxylation sites is 1. The summed E-state index contributed by atoms with van der Waals surface area (Å²) >= 11 is 0. The van der Waals surface area contributed by atoms with Crippen LogP contribution in [-0.4, -0.2) is 5.91 Å². The van der Waals surface area contributed by atoms with Crippen LogP contribution >= 0.6 is 0 Å². The van der Waals surface area contributed by atoms with Crippen molar-refractivity contribution in [2.24, 2.45) is 5.92 Å². The van der Waals surface area contributed by atoms with E-state index < -0.39 is 0 Å². The van der Waals surface area contributed by atoms with Crippen LogP contribution in [0.15, 0.2) is 24.3 Å². The third-order valence-electron chi connectivity index (χ3n) is 2.45. The molecule has 1 amide bonds. The van der Waals surface area contributed by atoms with E-state index in [1.807, 2.05) is 32.0 Å². The van der Waals surface area contributed by atoms with Crippen LogP contribution in [0.3, 0.4) is 0 Å². The first-order valence-electron chi connectivity index (χ1n) is 5.89. The molecule has 0 fully saturated rings. The minimum absolute atomic E-state index is 0.100. The van der Waals surface area contributed by atoms with Crippen LogP contribution in [0.4, 0.5) is 5.69 Å². The summed E-state index contributed by atoms with van der Waals surface area (Å²) in [6.07, 6.45) is 0.576. The molecular weight excluding hydrogens is 198 g/mol. The highest BCUT2D eigenvalue weighted by Gasteiger charge is 2.09. The number of nitrogens with one attached hydrogen (secondary N) is 1. The Balaban J connectivity index is 2.77. The zero-order chi connectivity index (χ0) is 12.1. The van der Waals surface area contributed by atoms with Crippen LogP contribution in [0.1, 0.15) is 45.6 Å². The van der Waals surface area contributed by atoms with Crippen LogP contribution < -0.4 is 5.32 Å². The lowest BCUT2D eigenvalue weighted by Crippen LogP contribution is -2.15. The molecule has 0 unspecified atom stereocenters. The van der Waals surface area contributed by atoms with Gasteiger partial charge in [-0.05, 0) is 23.5 Å². The van der Waals surface area contributed by atoms with Gasteiger partial charge in [0.05, 0.1) is 0 Å². The summed E-state index contributed by atoms with van der Waals surface area (Å²) in [5, 5.41) is 2.98. The standard InChI is InChI=1S/C14H21NO/c1-10(2)9-14(16)15-13-8-6-5-7-12(13)11(3)4/h5-8,10-11H,9H2,1-4H3,(H,15,16). The predicted octanol–water partition coefficient (Wildman–Crippen LogP) is 3.79. The number of amides is 1. The summed E-state index contributed by atoms with van der Waals surface area (Å²) in [5.41, 5.74) is 2.14. The van der Waals surface area contributed by atoms with Gasteiger partial charge in [0.15, 0.2) is 0 Å². The molecule has 0 aliphatic heterocycles. The van der Waals surface area contributed by atoms with Gasteiger partial charge in [0.1, 0.15) is 0 Å². The second kappa shape index (κ2) is 5.69.